The van der Waals surface area contributed by atoms with Crippen molar-refractivity contribution in [1.29, 1.82) is 0 Å². The maximum atomic E-state index is 13.5. The van der Waals surface area contributed by atoms with E-state index in [1.807, 2.05) is 6.92 Å². The standard InChI is InChI=1S/C11H13FN2O2/c1-7(8-5-6-8)13-11-9(12)3-2-4-10(11)14(15)16/h2-4,7-8,13H,5-6H2,1H3. The van der Waals surface area contributed by atoms with Gasteiger partial charge in [-0.2, -0.15) is 0 Å². The van der Waals surface area contributed by atoms with Crippen LogP contribution in [0.15, 0.2) is 18.2 Å². The van der Waals surface area contributed by atoms with Crippen LogP contribution in [0.1, 0.15) is 19.8 Å². The number of nitro benzene ring substituents is 1. The van der Waals surface area contributed by atoms with Crippen LogP contribution in [-0.2, 0) is 0 Å². The van der Waals surface area contributed by atoms with Crippen molar-refractivity contribution in [1.82, 2.24) is 0 Å². The molecule has 2 rings (SSSR count). The molecule has 1 aliphatic carbocycles. The third-order valence-electron chi connectivity index (χ3n) is 2.89. The lowest BCUT2D eigenvalue weighted by molar-refractivity contribution is -0.384. The molecule has 5 heteroatoms. The Hall–Kier alpha value is -1.65. The third-order valence-corrected chi connectivity index (χ3v) is 2.89. The van der Waals surface area contributed by atoms with Crippen molar-refractivity contribution in [3.05, 3.63) is 34.1 Å². The van der Waals surface area contributed by atoms with E-state index in [1.54, 1.807) is 0 Å². The molecular formula is C11H13FN2O2. The van der Waals surface area contributed by atoms with Gasteiger partial charge in [0.1, 0.15) is 5.69 Å². The molecule has 16 heavy (non-hydrogen) atoms. The minimum absolute atomic E-state index is 0.00639. The van der Waals surface area contributed by atoms with Crippen LogP contribution < -0.4 is 5.32 Å². The normalized spacial score (nSPS) is 16.9. The van der Waals surface area contributed by atoms with Crippen molar-refractivity contribution in [2.24, 2.45) is 5.92 Å². The van der Waals surface area contributed by atoms with Crippen LogP contribution in [0.3, 0.4) is 0 Å². The maximum absolute atomic E-state index is 13.5. The van der Waals surface area contributed by atoms with Gasteiger partial charge in [-0.1, -0.05) is 6.07 Å². The largest absolute Gasteiger partial charge is 0.374 e. The van der Waals surface area contributed by atoms with E-state index in [9.17, 15) is 14.5 Å². The van der Waals surface area contributed by atoms with E-state index < -0.39 is 10.7 Å². The highest BCUT2D eigenvalue weighted by molar-refractivity contribution is 5.62. The first-order valence-electron chi connectivity index (χ1n) is 5.29. The van der Waals surface area contributed by atoms with Crippen LogP contribution in [0, 0.1) is 21.8 Å². The number of halogens is 1. The van der Waals surface area contributed by atoms with E-state index in [0.717, 1.165) is 12.8 Å². The molecule has 4 nitrogen and oxygen atoms in total. The lowest BCUT2D eigenvalue weighted by Crippen LogP contribution is -2.19. The van der Waals surface area contributed by atoms with E-state index in [0.29, 0.717) is 5.92 Å². The fourth-order valence-corrected chi connectivity index (χ4v) is 1.75. The van der Waals surface area contributed by atoms with Crippen LogP contribution in [-0.4, -0.2) is 11.0 Å². The second-order valence-corrected chi connectivity index (χ2v) is 4.16. The molecule has 86 valence electrons. The van der Waals surface area contributed by atoms with Gasteiger partial charge < -0.3 is 5.32 Å². The first-order valence-corrected chi connectivity index (χ1v) is 5.29. The Morgan fingerprint density at radius 1 is 1.56 bits per heavy atom. The lowest BCUT2D eigenvalue weighted by Gasteiger charge is -2.14. The number of nitrogens with one attached hydrogen (secondary N) is 1. The molecule has 1 atom stereocenters. The van der Waals surface area contributed by atoms with Crippen molar-refractivity contribution in [2.75, 3.05) is 5.32 Å². The molecule has 1 unspecified atom stereocenters. The lowest BCUT2D eigenvalue weighted by atomic mass is 10.2. The van der Waals surface area contributed by atoms with E-state index in [1.165, 1.54) is 18.2 Å². The number of benzene rings is 1. The van der Waals surface area contributed by atoms with Crippen molar-refractivity contribution in [3.8, 4) is 0 Å². The number of para-hydroxylation sites is 1. The number of hydrogen-bond acceptors (Lipinski definition) is 3. The monoisotopic (exact) mass is 224 g/mol. The van der Waals surface area contributed by atoms with Crippen LogP contribution in [0.5, 0.6) is 0 Å². The average molecular weight is 224 g/mol. The van der Waals surface area contributed by atoms with Gasteiger partial charge in [0.2, 0.25) is 0 Å². The molecule has 1 aliphatic rings. The third kappa shape index (κ3) is 2.13. The molecule has 0 bridgehead atoms. The number of anilines is 1. The zero-order valence-corrected chi connectivity index (χ0v) is 8.94. The van der Waals surface area contributed by atoms with Gasteiger partial charge in [0, 0.05) is 12.1 Å². The smallest absolute Gasteiger partial charge is 0.295 e. The molecular weight excluding hydrogens is 211 g/mol. The summed E-state index contributed by atoms with van der Waals surface area (Å²) in [5.41, 5.74) is -0.195. The summed E-state index contributed by atoms with van der Waals surface area (Å²) >= 11 is 0. The van der Waals surface area contributed by atoms with Gasteiger partial charge >= 0.3 is 0 Å². The summed E-state index contributed by atoms with van der Waals surface area (Å²) in [7, 11) is 0. The van der Waals surface area contributed by atoms with Crippen molar-refractivity contribution >= 4 is 11.4 Å². The van der Waals surface area contributed by atoms with E-state index in [2.05, 4.69) is 5.32 Å². The second-order valence-electron chi connectivity index (χ2n) is 4.16. The molecule has 1 saturated carbocycles. The molecule has 0 aliphatic heterocycles. The molecule has 0 spiro atoms. The highest BCUT2D eigenvalue weighted by atomic mass is 19.1. The molecule has 0 aromatic heterocycles. The number of nitro groups is 1. The fourth-order valence-electron chi connectivity index (χ4n) is 1.75. The van der Waals surface area contributed by atoms with E-state index in [-0.39, 0.29) is 17.4 Å². The van der Waals surface area contributed by atoms with Gasteiger partial charge in [-0.05, 0) is 31.7 Å². The second kappa shape index (κ2) is 4.08. The SMILES string of the molecule is CC(Nc1c(F)cccc1[N+](=O)[O-])C1CC1. The Balaban J connectivity index is 2.26. The Morgan fingerprint density at radius 3 is 2.81 bits per heavy atom. The van der Waals surface area contributed by atoms with Gasteiger partial charge in [0.25, 0.3) is 5.69 Å². The number of hydrogen-bond donors (Lipinski definition) is 1. The molecule has 1 N–H and O–H groups in total. The summed E-state index contributed by atoms with van der Waals surface area (Å²) in [6.07, 6.45) is 2.22. The first-order chi connectivity index (χ1) is 7.59. The summed E-state index contributed by atoms with van der Waals surface area (Å²) in [4.78, 5) is 10.2. The van der Waals surface area contributed by atoms with Crippen molar-refractivity contribution in [3.63, 3.8) is 0 Å². The summed E-state index contributed by atoms with van der Waals surface area (Å²) in [6.45, 7) is 1.92. The molecule has 0 saturated heterocycles. The summed E-state index contributed by atoms with van der Waals surface area (Å²) < 4.78 is 13.5. The summed E-state index contributed by atoms with van der Waals surface area (Å²) in [5, 5.41) is 13.6. The Morgan fingerprint density at radius 2 is 2.25 bits per heavy atom. The van der Waals surface area contributed by atoms with Gasteiger partial charge in [-0.3, -0.25) is 10.1 Å². The van der Waals surface area contributed by atoms with Crippen LogP contribution in [0.4, 0.5) is 15.8 Å². The predicted molar refractivity (Wildman–Crippen MR) is 58.9 cm³/mol. The zero-order valence-electron chi connectivity index (χ0n) is 8.94. The van der Waals surface area contributed by atoms with Gasteiger partial charge in [-0.25, -0.2) is 4.39 Å². The van der Waals surface area contributed by atoms with E-state index in [4.69, 9.17) is 0 Å². The van der Waals surface area contributed by atoms with E-state index >= 15 is 0 Å². The van der Waals surface area contributed by atoms with Crippen LogP contribution in [0.2, 0.25) is 0 Å². The molecule has 1 aromatic carbocycles. The molecule has 0 heterocycles. The van der Waals surface area contributed by atoms with Crippen molar-refractivity contribution in [2.45, 2.75) is 25.8 Å². The zero-order chi connectivity index (χ0) is 11.7. The van der Waals surface area contributed by atoms with Gasteiger partial charge in [0.15, 0.2) is 5.82 Å². The Bertz CT molecular complexity index is 418. The molecule has 0 radical (unpaired) electrons. The topological polar surface area (TPSA) is 55.2 Å². The summed E-state index contributed by atoms with van der Waals surface area (Å²) in [6, 6.07) is 3.97. The molecule has 1 fully saturated rings. The minimum Gasteiger partial charge on any atom is -0.374 e. The average Bonchev–Trinajstić information content (AvgIpc) is 3.03. The van der Waals surface area contributed by atoms with Crippen LogP contribution in [0.25, 0.3) is 0 Å². The Kier molecular flexibility index (Phi) is 2.77. The quantitative estimate of drug-likeness (QED) is 0.632. The predicted octanol–water partition coefficient (Wildman–Crippen LogP) is 2.94. The highest BCUT2D eigenvalue weighted by Crippen LogP contribution is 2.36. The maximum Gasteiger partial charge on any atom is 0.295 e. The van der Waals surface area contributed by atoms with Gasteiger partial charge in [-0.15, -0.1) is 0 Å². The molecule has 0 amide bonds. The number of nitrogens with zero attached hydrogens (tertiary/aromatic N) is 1. The summed E-state index contributed by atoms with van der Waals surface area (Å²) in [5.74, 6) is -0.0547. The molecule has 1 aromatic rings. The van der Waals surface area contributed by atoms with Gasteiger partial charge in [0.05, 0.1) is 4.92 Å². The fraction of sp³-hybridized carbons (Fsp3) is 0.455. The van der Waals surface area contributed by atoms with Crippen LogP contribution >= 0.6 is 0 Å². The Labute approximate surface area is 92.6 Å². The highest BCUT2D eigenvalue weighted by Gasteiger charge is 2.30. The minimum atomic E-state index is -0.568. The number of rotatable bonds is 4. The van der Waals surface area contributed by atoms with Crippen molar-refractivity contribution < 1.29 is 9.31 Å². The first kappa shape index (κ1) is 10.9.